The van der Waals surface area contributed by atoms with Gasteiger partial charge < -0.3 is 14.6 Å². The quantitative estimate of drug-likeness (QED) is 0.939. The number of rotatable bonds is 4. The lowest BCUT2D eigenvalue weighted by Crippen LogP contribution is -2.15. The molecule has 2 unspecified atom stereocenters. The van der Waals surface area contributed by atoms with E-state index in [0.29, 0.717) is 5.75 Å². The zero-order valence-electron chi connectivity index (χ0n) is 12.1. The number of hydrogen-bond acceptors (Lipinski definition) is 4. The topological polar surface area (TPSA) is 38.7 Å². The smallest absolute Gasteiger partial charge is 0.124 e. The highest BCUT2D eigenvalue weighted by Gasteiger charge is 2.30. The second-order valence-electron chi connectivity index (χ2n) is 5.02. The zero-order valence-corrected chi connectivity index (χ0v) is 12.9. The van der Waals surface area contributed by atoms with Crippen molar-refractivity contribution in [3.05, 3.63) is 53.6 Å². The molecule has 2 aromatic carbocycles. The molecule has 0 spiro atoms. The summed E-state index contributed by atoms with van der Waals surface area (Å²) in [6, 6.07) is 13.8. The SMILES string of the molecule is COc1ccc(OC)c(C(O)C2Cc3ccccc3S2)c1. The van der Waals surface area contributed by atoms with Gasteiger partial charge in [-0.15, -0.1) is 11.8 Å². The Balaban J connectivity index is 1.88. The van der Waals surface area contributed by atoms with Crippen molar-refractivity contribution in [3.63, 3.8) is 0 Å². The van der Waals surface area contributed by atoms with E-state index in [1.807, 2.05) is 30.3 Å². The molecule has 2 atom stereocenters. The lowest BCUT2D eigenvalue weighted by Gasteiger charge is -2.20. The highest BCUT2D eigenvalue weighted by Crippen LogP contribution is 2.44. The number of benzene rings is 2. The van der Waals surface area contributed by atoms with Gasteiger partial charge in [0, 0.05) is 15.7 Å². The molecule has 1 aliphatic heterocycles. The predicted molar refractivity (Wildman–Crippen MR) is 84.3 cm³/mol. The minimum Gasteiger partial charge on any atom is -0.497 e. The molecule has 1 heterocycles. The Bertz CT molecular complexity index is 617. The van der Waals surface area contributed by atoms with Crippen LogP contribution >= 0.6 is 11.8 Å². The molecule has 2 aromatic rings. The fourth-order valence-corrected chi connectivity index (χ4v) is 3.98. The number of ether oxygens (including phenoxy) is 2. The predicted octanol–water partition coefficient (Wildman–Crippen LogP) is 3.45. The van der Waals surface area contributed by atoms with Crippen LogP contribution in [0, 0.1) is 0 Å². The molecular formula is C17H18O3S. The van der Waals surface area contributed by atoms with Gasteiger partial charge in [-0.3, -0.25) is 0 Å². The maximum Gasteiger partial charge on any atom is 0.124 e. The first kappa shape index (κ1) is 14.3. The maximum absolute atomic E-state index is 10.8. The molecule has 0 aliphatic carbocycles. The van der Waals surface area contributed by atoms with Gasteiger partial charge in [-0.2, -0.15) is 0 Å². The van der Waals surface area contributed by atoms with Gasteiger partial charge in [-0.25, -0.2) is 0 Å². The van der Waals surface area contributed by atoms with E-state index in [2.05, 4.69) is 12.1 Å². The third kappa shape index (κ3) is 2.74. The summed E-state index contributed by atoms with van der Waals surface area (Å²) in [5, 5.41) is 10.9. The van der Waals surface area contributed by atoms with E-state index in [4.69, 9.17) is 9.47 Å². The van der Waals surface area contributed by atoms with Crippen LogP contribution in [0.2, 0.25) is 0 Å². The van der Waals surface area contributed by atoms with Crippen LogP contribution < -0.4 is 9.47 Å². The summed E-state index contributed by atoms with van der Waals surface area (Å²) in [4.78, 5) is 1.25. The summed E-state index contributed by atoms with van der Waals surface area (Å²) in [6.07, 6.45) is 0.273. The number of aliphatic hydroxyl groups excluding tert-OH is 1. The number of fused-ring (bicyclic) bond motifs is 1. The molecule has 0 aromatic heterocycles. The van der Waals surface area contributed by atoms with Crippen molar-refractivity contribution in [2.45, 2.75) is 22.7 Å². The van der Waals surface area contributed by atoms with Crippen LogP contribution in [0.3, 0.4) is 0 Å². The van der Waals surface area contributed by atoms with Crippen molar-refractivity contribution in [1.82, 2.24) is 0 Å². The first-order valence-electron chi connectivity index (χ1n) is 6.87. The van der Waals surface area contributed by atoms with Gasteiger partial charge >= 0.3 is 0 Å². The van der Waals surface area contributed by atoms with E-state index in [1.165, 1.54) is 10.5 Å². The van der Waals surface area contributed by atoms with Crippen molar-refractivity contribution in [2.24, 2.45) is 0 Å². The van der Waals surface area contributed by atoms with Gasteiger partial charge in [-0.1, -0.05) is 18.2 Å². The largest absolute Gasteiger partial charge is 0.497 e. The molecule has 1 aliphatic rings. The van der Waals surface area contributed by atoms with Crippen LogP contribution in [0.15, 0.2) is 47.4 Å². The number of hydrogen-bond donors (Lipinski definition) is 1. The van der Waals surface area contributed by atoms with E-state index >= 15 is 0 Å². The Labute approximate surface area is 128 Å². The third-order valence-electron chi connectivity index (χ3n) is 3.78. The Morgan fingerprint density at radius 3 is 2.67 bits per heavy atom. The monoisotopic (exact) mass is 302 g/mol. The Morgan fingerprint density at radius 1 is 1.14 bits per heavy atom. The summed E-state index contributed by atoms with van der Waals surface area (Å²) in [5.41, 5.74) is 2.08. The zero-order chi connectivity index (χ0) is 14.8. The lowest BCUT2D eigenvalue weighted by atomic mass is 10.00. The molecule has 3 rings (SSSR count). The Kier molecular flexibility index (Phi) is 4.08. The van der Waals surface area contributed by atoms with E-state index in [-0.39, 0.29) is 5.25 Å². The number of methoxy groups -OCH3 is 2. The molecule has 0 saturated carbocycles. The highest BCUT2D eigenvalue weighted by atomic mass is 32.2. The normalized spacial score (nSPS) is 18.1. The van der Waals surface area contributed by atoms with Gasteiger partial charge in [0.25, 0.3) is 0 Å². The fourth-order valence-electron chi connectivity index (χ4n) is 2.66. The first-order chi connectivity index (χ1) is 10.2. The van der Waals surface area contributed by atoms with E-state index in [1.54, 1.807) is 26.0 Å². The molecule has 0 bridgehead atoms. The lowest BCUT2D eigenvalue weighted by molar-refractivity contribution is 0.170. The number of aliphatic hydroxyl groups is 1. The van der Waals surface area contributed by atoms with Crippen molar-refractivity contribution in [3.8, 4) is 11.5 Å². The van der Waals surface area contributed by atoms with E-state index < -0.39 is 6.10 Å². The van der Waals surface area contributed by atoms with Crippen LogP contribution in [0.4, 0.5) is 0 Å². The average molecular weight is 302 g/mol. The number of thioether (sulfide) groups is 1. The minimum absolute atomic E-state index is 0.100. The summed E-state index contributed by atoms with van der Waals surface area (Å²) >= 11 is 1.73. The highest BCUT2D eigenvalue weighted by molar-refractivity contribution is 8.00. The summed E-state index contributed by atoms with van der Waals surface area (Å²) < 4.78 is 10.6. The molecule has 0 fully saturated rings. The second kappa shape index (κ2) is 6.00. The summed E-state index contributed by atoms with van der Waals surface area (Å²) in [6.45, 7) is 0. The van der Waals surface area contributed by atoms with Crippen LogP contribution in [0.25, 0.3) is 0 Å². The standard InChI is InChI=1S/C17H18O3S/c1-19-12-7-8-14(20-2)13(10-12)17(18)16-9-11-5-3-4-6-15(11)21-16/h3-8,10,16-18H,9H2,1-2H3. The van der Waals surface area contributed by atoms with Crippen molar-refractivity contribution in [2.75, 3.05) is 14.2 Å². The van der Waals surface area contributed by atoms with Crippen LogP contribution in [0.5, 0.6) is 11.5 Å². The van der Waals surface area contributed by atoms with Crippen LogP contribution in [0.1, 0.15) is 17.2 Å². The van der Waals surface area contributed by atoms with Crippen molar-refractivity contribution in [1.29, 1.82) is 0 Å². The molecule has 3 nitrogen and oxygen atoms in total. The van der Waals surface area contributed by atoms with Crippen molar-refractivity contribution < 1.29 is 14.6 Å². The third-order valence-corrected chi connectivity index (χ3v) is 5.16. The molecule has 110 valence electrons. The van der Waals surface area contributed by atoms with Gasteiger partial charge in [-0.05, 0) is 36.2 Å². The molecule has 0 radical (unpaired) electrons. The van der Waals surface area contributed by atoms with E-state index in [0.717, 1.165) is 17.7 Å². The first-order valence-corrected chi connectivity index (χ1v) is 7.75. The van der Waals surface area contributed by atoms with Gasteiger partial charge in [0.2, 0.25) is 0 Å². The van der Waals surface area contributed by atoms with Crippen LogP contribution in [-0.4, -0.2) is 24.6 Å². The Hall–Kier alpha value is -1.65. The van der Waals surface area contributed by atoms with Crippen LogP contribution in [-0.2, 0) is 6.42 Å². The molecule has 0 amide bonds. The fraction of sp³-hybridized carbons (Fsp3) is 0.294. The van der Waals surface area contributed by atoms with Gasteiger partial charge in [0.15, 0.2) is 0 Å². The van der Waals surface area contributed by atoms with E-state index in [9.17, 15) is 5.11 Å². The molecule has 0 saturated heterocycles. The minimum atomic E-state index is -0.590. The molecule has 4 heteroatoms. The Morgan fingerprint density at radius 2 is 1.95 bits per heavy atom. The van der Waals surface area contributed by atoms with Gasteiger partial charge in [0.05, 0.1) is 20.3 Å². The molecule has 1 N–H and O–H groups in total. The second-order valence-corrected chi connectivity index (χ2v) is 6.30. The molecule has 21 heavy (non-hydrogen) atoms. The van der Waals surface area contributed by atoms with Crippen molar-refractivity contribution >= 4 is 11.8 Å². The van der Waals surface area contributed by atoms with Gasteiger partial charge in [0.1, 0.15) is 11.5 Å². The summed E-state index contributed by atoms with van der Waals surface area (Å²) in [7, 11) is 3.24. The maximum atomic E-state index is 10.8. The molecular weight excluding hydrogens is 284 g/mol. The average Bonchev–Trinajstić information content (AvgIpc) is 2.97. The summed E-state index contributed by atoms with van der Waals surface area (Å²) in [5.74, 6) is 1.42.